The van der Waals surface area contributed by atoms with Crippen LogP contribution in [0.5, 0.6) is 0 Å². The summed E-state index contributed by atoms with van der Waals surface area (Å²) in [6, 6.07) is 0. The zero-order valence-electron chi connectivity index (χ0n) is 12.5. The molecule has 0 saturated heterocycles. The van der Waals surface area contributed by atoms with Gasteiger partial charge in [-0.05, 0) is 45.4 Å². The van der Waals surface area contributed by atoms with Gasteiger partial charge in [0.05, 0.1) is 5.92 Å². The van der Waals surface area contributed by atoms with E-state index in [0.29, 0.717) is 11.5 Å². The smallest absolute Gasteiger partial charge is 0.334 e. The minimum absolute atomic E-state index is 0.0136. The van der Waals surface area contributed by atoms with E-state index in [1.807, 2.05) is 19.9 Å². The second-order valence-corrected chi connectivity index (χ2v) is 7.09. The van der Waals surface area contributed by atoms with Crippen LogP contribution in [-0.2, 0) is 14.3 Å². The largest absolute Gasteiger partial charge is 0.456 e. The average Bonchev–Trinajstić information content (AvgIpc) is 2.95. The number of carbonyl (C=O) groups is 2. The van der Waals surface area contributed by atoms with Gasteiger partial charge in [-0.25, -0.2) is 4.79 Å². The summed E-state index contributed by atoms with van der Waals surface area (Å²) in [7, 11) is 0. The quantitative estimate of drug-likeness (QED) is 0.742. The molecule has 2 unspecified atom stereocenters. The average molecular weight is 276 g/mol. The number of Topliss-reactive ketones (excluding diaryl/α,β-unsaturated/α-hetero) is 1. The molecule has 0 aromatic heterocycles. The Kier molecular flexibility index (Phi) is 3.47. The molecule has 0 aromatic carbocycles. The van der Waals surface area contributed by atoms with Crippen molar-refractivity contribution in [2.24, 2.45) is 17.8 Å². The normalized spacial score (nSPS) is 30.5. The van der Waals surface area contributed by atoms with E-state index in [1.165, 1.54) is 19.3 Å². The Hall–Kier alpha value is -1.12. The summed E-state index contributed by atoms with van der Waals surface area (Å²) in [5.74, 6) is 0.249. The SMILES string of the molecule is CC(C)(OC(=O)C1=CC2CCC1C2=O)C1CCCCC1. The van der Waals surface area contributed by atoms with Crippen molar-refractivity contribution in [1.82, 2.24) is 0 Å². The Morgan fingerprint density at radius 3 is 2.40 bits per heavy atom. The Balaban J connectivity index is 1.67. The first-order valence-corrected chi connectivity index (χ1v) is 7.98. The van der Waals surface area contributed by atoms with Crippen molar-refractivity contribution < 1.29 is 14.3 Å². The summed E-state index contributed by atoms with van der Waals surface area (Å²) in [5.41, 5.74) is 0.221. The maximum atomic E-state index is 12.4. The molecule has 0 aromatic rings. The van der Waals surface area contributed by atoms with Crippen molar-refractivity contribution in [3.63, 3.8) is 0 Å². The van der Waals surface area contributed by atoms with Gasteiger partial charge in [-0.15, -0.1) is 0 Å². The van der Waals surface area contributed by atoms with Crippen LogP contribution in [0.25, 0.3) is 0 Å². The molecule has 3 rings (SSSR count). The number of fused-ring (bicyclic) bond motifs is 2. The molecule has 3 aliphatic rings. The minimum Gasteiger partial charge on any atom is -0.456 e. The summed E-state index contributed by atoms with van der Waals surface area (Å²) < 4.78 is 5.80. The highest BCUT2D eigenvalue weighted by atomic mass is 16.6. The van der Waals surface area contributed by atoms with E-state index in [1.54, 1.807) is 0 Å². The molecule has 110 valence electrons. The van der Waals surface area contributed by atoms with E-state index in [0.717, 1.165) is 25.7 Å². The van der Waals surface area contributed by atoms with E-state index in [4.69, 9.17) is 4.74 Å². The van der Waals surface area contributed by atoms with Crippen LogP contribution in [0, 0.1) is 17.8 Å². The maximum absolute atomic E-state index is 12.4. The lowest BCUT2D eigenvalue weighted by molar-refractivity contribution is -0.159. The molecular formula is C17H24O3. The van der Waals surface area contributed by atoms with Gasteiger partial charge >= 0.3 is 5.97 Å². The molecule has 0 radical (unpaired) electrons. The lowest BCUT2D eigenvalue weighted by atomic mass is 9.78. The van der Waals surface area contributed by atoms with Gasteiger partial charge in [0, 0.05) is 11.5 Å². The van der Waals surface area contributed by atoms with Gasteiger partial charge in [0.15, 0.2) is 0 Å². The number of ketones is 1. The summed E-state index contributed by atoms with van der Waals surface area (Å²) in [4.78, 5) is 24.3. The molecule has 20 heavy (non-hydrogen) atoms. The molecule has 0 aliphatic heterocycles. The van der Waals surface area contributed by atoms with Crippen molar-refractivity contribution in [3.8, 4) is 0 Å². The van der Waals surface area contributed by atoms with Crippen molar-refractivity contribution in [3.05, 3.63) is 11.6 Å². The van der Waals surface area contributed by atoms with E-state index in [2.05, 4.69) is 0 Å². The Morgan fingerprint density at radius 1 is 1.15 bits per heavy atom. The van der Waals surface area contributed by atoms with Crippen LogP contribution in [0.2, 0.25) is 0 Å². The fraction of sp³-hybridized carbons (Fsp3) is 0.765. The van der Waals surface area contributed by atoms with Crippen LogP contribution >= 0.6 is 0 Å². The van der Waals surface area contributed by atoms with Gasteiger partial charge in [0.2, 0.25) is 0 Å². The zero-order chi connectivity index (χ0) is 14.3. The van der Waals surface area contributed by atoms with Crippen LogP contribution in [0.15, 0.2) is 11.6 Å². The van der Waals surface area contributed by atoms with Crippen molar-refractivity contribution in [2.45, 2.75) is 64.4 Å². The van der Waals surface area contributed by atoms with Gasteiger partial charge in [0.25, 0.3) is 0 Å². The van der Waals surface area contributed by atoms with E-state index in [-0.39, 0.29) is 23.6 Å². The Bertz CT molecular complexity index is 455. The summed E-state index contributed by atoms with van der Waals surface area (Å²) in [6.45, 7) is 4.05. The van der Waals surface area contributed by atoms with Crippen LogP contribution in [0.3, 0.4) is 0 Å². The standard InChI is InChI=1S/C17H24O3/c1-17(2,12-6-4-3-5-7-12)20-16(19)14-10-11-8-9-13(14)15(11)18/h10-13H,3-9H2,1-2H3. The van der Waals surface area contributed by atoms with Gasteiger partial charge in [-0.2, -0.15) is 0 Å². The molecule has 2 atom stereocenters. The van der Waals surface area contributed by atoms with Crippen molar-refractivity contribution in [2.75, 3.05) is 0 Å². The molecule has 2 bridgehead atoms. The maximum Gasteiger partial charge on any atom is 0.334 e. The van der Waals surface area contributed by atoms with E-state index < -0.39 is 5.60 Å². The molecule has 0 amide bonds. The third kappa shape index (κ3) is 2.32. The lowest BCUT2D eigenvalue weighted by Gasteiger charge is -2.36. The Morgan fingerprint density at radius 2 is 1.85 bits per heavy atom. The number of allylic oxidation sites excluding steroid dienone is 1. The number of rotatable bonds is 3. The van der Waals surface area contributed by atoms with Gasteiger partial charge in [-0.1, -0.05) is 25.3 Å². The number of esters is 1. The first-order chi connectivity index (χ1) is 9.49. The summed E-state index contributed by atoms with van der Waals surface area (Å²) in [6.07, 6.45) is 9.64. The van der Waals surface area contributed by atoms with E-state index in [9.17, 15) is 9.59 Å². The summed E-state index contributed by atoms with van der Waals surface area (Å²) >= 11 is 0. The number of ether oxygens (including phenoxy) is 1. The molecule has 3 heteroatoms. The molecule has 3 nitrogen and oxygen atoms in total. The number of hydrogen-bond acceptors (Lipinski definition) is 3. The van der Waals surface area contributed by atoms with Crippen LogP contribution < -0.4 is 0 Å². The topological polar surface area (TPSA) is 43.4 Å². The van der Waals surface area contributed by atoms with Gasteiger partial charge in [0.1, 0.15) is 11.4 Å². The van der Waals surface area contributed by atoms with Gasteiger partial charge < -0.3 is 4.74 Å². The fourth-order valence-corrected chi connectivity index (χ4v) is 4.09. The zero-order valence-corrected chi connectivity index (χ0v) is 12.5. The van der Waals surface area contributed by atoms with E-state index >= 15 is 0 Å². The highest BCUT2D eigenvalue weighted by molar-refractivity contribution is 6.04. The first kappa shape index (κ1) is 13.8. The molecule has 0 N–H and O–H groups in total. The van der Waals surface area contributed by atoms with Crippen LogP contribution in [-0.4, -0.2) is 17.4 Å². The first-order valence-electron chi connectivity index (χ1n) is 7.98. The highest BCUT2D eigenvalue weighted by Gasteiger charge is 2.45. The molecular weight excluding hydrogens is 252 g/mol. The predicted octanol–water partition coefficient (Wildman–Crippen LogP) is 3.42. The number of carbonyl (C=O) groups excluding carboxylic acids is 2. The molecule has 2 fully saturated rings. The highest BCUT2D eigenvalue weighted by Crippen LogP contribution is 2.42. The monoisotopic (exact) mass is 276 g/mol. The van der Waals surface area contributed by atoms with Gasteiger partial charge in [-0.3, -0.25) is 4.79 Å². The third-order valence-electron chi connectivity index (χ3n) is 5.41. The van der Waals surface area contributed by atoms with Crippen LogP contribution in [0.1, 0.15) is 58.8 Å². The van der Waals surface area contributed by atoms with Crippen LogP contribution in [0.4, 0.5) is 0 Å². The second-order valence-electron chi connectivity index (χ2n) is 7.09. The lowest BCUT2D eigenvalue weighted by Crippen LogP contribution is -2.38. The predicted molar refractivity (Wildman–Crippen MR) is 76.1 cm³/mol. The molecule has 2 saturated carbocycles. The molecule has 3 aliphatic carbocycles. The third-order valence-corrected chi connectivity index (χ3v) is 5.41. The molecule has 0 heterocycles. The Labute approximate surface area is 120 Å². The number of hydrogen-bond donors (Lipinski definition) is 0. The summed E-state index contributed by atoms with van der Waals surface area (Å²) in [5, 5.41) is 0. The minimum atomic E-state index is -0.413. The van der Waals surface area contributed by atoms with Crippen molar-refractivity contribution >= 4 is 11.8 Å². The fourth-order valence-electron chi connectivity index (χ4n) is 4.09. The molecule has 0 spiro atoms. The second kappa shape index (κ2) is 5.01. The van der Waals surface area contributed by atoms with Crippen molar-refractivity contribution in [1.29, 1.82) is 0 Å².